The van der Waals surface area contributed by atoms with Crippen molar-refractivity contribution in [2.75, 3.05) is 0 Å². The van der Waals surface area contributed by atoms with Gasteiger partial charge in [-0.3, -0.25) is 0 Å². The van der Waals surface area contributed by atoms with Crippen molar-refractivity contribution in [1.82, 2.24) is 0 Å². The van der Waals surface area contributed by atoms with Crippen molar-refractivity contribution < 1.29 is 5.11 Å². The maximum atomic E-state index is 10.5. The van der Waals surface area contributed by atoms with Gasteiger partial charge in [-0.05, 0) is 58.7 Å². The zero-order valence-electron chi connectivity index (χ0n) is 23.1. The van der Waals surface area contributed by atoms with E-state index in [-0.39, 0.29) is 5.75 Å². The fourth-order valence-electron chi connectivity index (χ4n) is 6.10. The number of phenolic OH excluding ortho intramolecular Hbond substituents is 1. The lowest BCUT2D eigenvalue weighted by Crippen LogP contribution is -2.06. The quantitative estimate of drug-likeness (QED) is 0.216. The molecule has 0 saturated heterocycles. The minimum Gasteiger partial charge on any atom is -0.508 e. The summed E-state index contributed by atoms with van der Waals surface area (Å²) in [7, 11) is -2.07. The smallest absolute Gasteiger partial charge is 0.115 e. The molecule has 1 N–H and O–H groups in total. The molecule has 1 heterocycles. The van der Waals surface area contributed by atoms with Crippen molar-refractivity contribution in [3.63, 3.8) is 0 Å². The minimum atomic E-state index is -2.07. The average Bonchev–Trinajstić information content (AvgIpc) is 3.40. The Balaban J connectivity index is 1.77. The summed E-state index contributed by atoms with van der Waals surface area (Å²) >= 11 is 0. The van der Waals surface area contributed by atoms with Crippen LogP contribution in [0.2, 0.25) is 0 Å². The van der Waals surface area contributed by atoms with E-state index in [1.165, 1.54) is 53.0 Å². The Labute approximate surface area is 249 Å². The summed E-state index contributed by atoms with van der Waals surface area (Å²) in [6.45, 7) is 0. The van der Waals surface area contributed by atoms with Crippen LogP contribution in [-0.2, 0) is 0 Å². The average molecular weight is 559 g/mol. The summed E-state index contributed by atoms with van der Waals surface area (Å²) in [5, 5.41) is 10.5. The van der Waals surface area contributed by atoms with Crippen LogP contribution in [0.3, 0.4) is 0 Å². The number of rotatable bonds is 6. The zero-order chi connectivity index (χ0) is 28.4. The van der Waals surface area contributed by atoms with Gasteiger partial charge in [0.2, 0.25) is 0 Å². The standard InChI is InChI=1S/C40H30OS/c41-34-26-28-36(29-27-34)42(35-24-14-5-15-25-35)39(32-20-10-3-11-21-32)37(30-16-6-1-7-17-30)38(31-18-8-2-9-19-31)40(42)33-22-12-4-13-23-33/h1-29,41H. The van der Waals surface area contributed by atoms with Crippen LogP contribution in [0.5, 0.6) is 5.75 Å². The number of benzene rings is 6. The molecule has 1 aliphatic heterocycles. The first kappa shape index (κ1) is 25.9. The molecule has 0 aromatic heterocycles. The summed E-state index contributed by atoms with van der Waals surface area (Å²) in [6, 6.07) is 62.3. The highest BCUT2D eigenvalue weighted by Crippen LogP contribution is 2.84. The van der Waals surface area contributed by atoms with Crippen LogP contribution in [0.25, 0.3) is 21.0 Å². The predicted octanol–water partition coefficient (Wildman–Crippen LogP) is 10.8. The summed E-state index contributed by atoms with van der Waals surface area (Å²) in [6.07, 6.45) is 0. The van der Waals surface area contributed by atoms with Gasteiger partial charge in [0.15, 0.2) is 0 Å². The number of hydrogen-bond acceptors (Lipinski definition) is 1. The SMILES string of the molecule is Oc1ccc(S2(c3ccccc3)C(c3ccccc3)=C(c3ccccc3)C(c3ccccc3)=C2c2ccccc2)cc1. The molecule has 42 heavy (non-hydrogen) atoms. The molecular formula is C40H30OS. The molecule has 1 nitrogen and oxygen atoms in total. The Bertz CT molecular complexity index is 1780. The second-order valence-corrected chi connectivity index (χ2v) is 13.3. The van der Waals surface area contributed by atoms with E-state index in [9.17, 15) is 5.11 Å². The maximum Gasteiger partial charge on any atom is 0.115 e. The molecule has 0 radical (unpaired) electrons. The van der Waals surface area contributed by atoms with E-state index in [0.717, 1.165) is 0 Å². The van der Waals surface area contributed by atoms with Gasteiger partial charge >= 0.3 is 0 Å². The van der Waals surface area contributed by atoms with Gasteiger partial charge in [0.25, 0.3) is 0 Å². The van der Waals surface area contributed by atoms with Crippen LogP contribution < -0.4 is 0 Å². The number of hydrogen-bond donors (Lipinski definition) is 1. The molecule has 0 spiro atoms. The van der Waals surface area contributed by atoms with Crippen LogP contribution in [0, 0.1) is 0 Å². The second-order valence-electron chi connectivity index (χ2n) is 10.3. The topological polar surface area (TPSA) is 20.2 Å². The Morgan fingerprint density at radius 2 is 0.619 bits per heavy atom. The first-order chi connectivity index (χ1) is 20.8. The minimum absolute atomic E-state index is 0.265. The van der Waals surface area contributed by atoms with Gasteiger partial charge in [0, 0.05) is 30.7 Å². The summed E-state index contributed by atoms with van der Waals surface area (Å²) in [5.74, 6) is 0.265. The molecule has 7 rings (SSSR count). The molecule has 6 aromatic carbocycles. The lowest BCUT2D eigenvalue weighted by molar-refractivity contribution is 0.475. The molecule has 0 bridgehead atoms. The van der Waals surface area contributed by atoms with E-state index < -0.39 is 10.0 Å². The fraction of sp³-hybridized carbons (Fsp3) is 0. The molecule has 0 atom stereocenters. The van der Waals surface area contributed by atoms with Crippen molar-refractivity contribution in [1.29, 1.82) is 0 Å². The molecule has 1 aliphatic rings. The van der Waals surface area contributed by atoms with Gasteiger partial charge in [-0.1, -0.05) is 140 Å². The highest BCUT2D eigenvalue weighted by atomic mass is 32.3. The van der Waals surface area contributed by atoms with E-state index >= 15 is 0 Å². The lowest BCUT2D eigenvalue weighted by atomic mass is 9.89. The Morgan fingerprint density at radius 1 is 0.310 bits per heavy atom. The van der Waals surface area contributed by atoms with Crippen LogP contribution in [0.1, 0.15) is 22.3 Å². The molecule has 0 fully saturated rings. The molecule has 2 heteroatoms. The van der Waals surface area contributed by atoms with Gasteiger partial charge in [-0.15, -0.1) is 10.0 Å². The van der Waals surface area contributed by atoms with Crippen LogP contribution in [0.4, 0.5) is 0 Å². The van der Waals surface area contributed by atoms with Gasteiger partial charge < -0.3 is 5.11 Å². The van der Waals surface area contributed by atoms with Gasteiger partial charge in [-0.2, -0.15) is 0 Å². The maximum absolute atomic E-state index is 10.5. The molecule has 0 aliphatic carbocycles. The third-order valence-corrected chi connectivity index (χ3v) is 11.9. The Morgan fingerprint density at radius 3 is 1.00 bits per heavy atom. The molecule has 202 valence electrons. The van der Waals surface area contributed by atoms with E-state index in [2.05, 4.69) is 164 Å². The number of allylic oxidation sites excluding steroid dienone is 2. The normalized spacial score (nSPS) is 15.0. The van der Waals surface area contributed by atoms with Gasteiger partial charge in [-0.25, -0.2) is 0 Å². The third-order valence-electron chi connectivity index (χ3n) is 7.80. The Kier molecular flexibility index (Phi) is 6.83. The van der Waals surface area contributed by atoms with Crippen molar-refractivity contribution in [2.24, 2.45) is 0 Å². The second kappa shape index (κ2) is 11.1. The van der Waals surface area contributed by atoms with Crippen molar-refractivity contribution in [3.8, 4) is 5.75 Å². The molecule has 6 aromatic rings. The summed E-state index contributed by atoms with van der Waals surface area (Å²) < 4.78 is 0. The lowest BCUT2D eigenvalue weighted by Gasteiger charge is -2.43. The number of aromatic hydroxyl groups is 1. The summed E-state index contributed by atoms with van der Waals surface area (Å²) in [4.78, 5) is 5.06. The molecular weight excluding hydrogens is 529 g/mol. The van der Waals surface area contributed by atoms with Gasteiger partial charge in [0.1, 0.15) is 5.75 Å². The predicted molar refractivity (Wildman–Crippen MR) is 178 cm³/mol. The van der Waals surface area contributed by atoms with Crippen molar-refractivity contribution in [3.05, 3.63) is 198 Å². The molecule has 0 saturated carbocycles. The van der Waals surface area contributed by atoms with Crippen molar-refractivity contribution in [2.45, 2.75) is 9.79 Å². The van der Waals surface area contributed by atoms with E-state index in [0.29, 0.717) is 0 Å². The highest BCUT2D eigenvalue weighted by Gasteiger charge is 2.47. The fourth-order valence-corrected chi connectivity index (χ4v) is 10.7. The van der Waals surface area contributed by atoms with E-state index in [1.807, 2.05) is 12.1 Å². The highest BCUT2D eigenvalue weighted by molar-refractivity contribution is 8.48. The third kappa shape index (κ3) is 4.29. The molecule has 0 amide bonds. The van der Waals surface area contributed by atoms with E-state index in [1.54, 1.807) is 0 Å². The van der Waals surface area contributed by atoms with Crippen LogP contribution in [-0.4, -0.2) is 5.11 Å². The summed E-state index contributed by atoms with van der Waals surface area (Å²) in [5.41, 5.74) is 7.27. The van der Waals surface area contributed by atoms with Crippen LogP contribution in [0.15, 0.2) is 186 Å². The van der Waals surface area contributed by atoms with Gasteiger partial charge in [0.05, 0.1) is 0 Å². The van der Waals surface area contributed by atoms with Crippen LogP contribution >= 0.6 is 10.0 Å². The monoisotopic (exact) mass is 558 g/mol. The van der Waals surface area contributed by atoms with E-state index in [4.69, 9.17) is 0 Å². The van der Waals surface area contributed by atoms with Crippen molar-refractivity contribution >= 4 is 31.0 Å². The zero-order valence-corrected chi connectivity index (χ0v) is 23.9. The first-order valence-electron chi connectivity index (χ1n) is 14.2. The molecule has 0 unspecified atom stereocenters. The number of phenols is 1. The largest absolute Gasteiger partial charge is 0.508 e. The Hall–Kier alpha value is -5.05. The first-order valence-corrected chi connectivity index (χ1v) is 15.8.